The van der Waals surface area contributed by atoms with Crippen LogP contribution < -0.4 is 11.1 Å². The van der Waals surface area contributed by atoms with Gasteiger partial charge in [-0.1, -0.05) is 6.07 Å². The maximum atomic E-state index is 5.84. The van der Waals surface area contributed by atoms with E-state index in [0.717, 1.165) is 31.6 Å². The highest BCUT2D eigenvalue weighted by molar-refractivity contribution is 5.87. The number of nitrogens with one attached hydrogen (secondary N) is 1. The van der Waals surface area contributed by atoms with Crippen LogP contribution in [0.25, 0.3) is 16.9 Å². The van der Waals surface area contributed by atoms with Crippen molar-refractivity contribution in [2.24, 2.45) is 0 Å². The molecular weight excluding hydrogens is 294 g/mol. The third-order valence-corrected chi connectivity index (χ3v) is 3.86. The summed E-state index contributed by atoms with van der Waals surface area (Å²) in [6, 6.07) is 5.97. The first kappa shape index (κ1) is 13.9. The molecule has 23 heavy (non-hydrogen) atoms. The highest BCUT2D eigenvalue weighted by Gasteiger charge is 2.19. The van der Waals surface area contributed by atoms with Gasteiger partial charge in [0.1, 0.15) is 11.0 Å². The van der Waals surface area contributed by atoms with Gasteiger partial charge >= 0.3 is 0 Å². The van der Waals surface area contributed by atoms with E-state index in [2.05, 4.69) is 25.4 Å². The summed E-state index contributed by atoms with van der Waals surface area (Å²) in [6.45, 7) is 1.50. The van der Waals surface area contributed by atoms with E-state index in [1.54, 1.807) is 17.1 Å². The molecule has 8 nitrogen and oxygen atoms in total. The van der Waals surface area contributed by atoms with Crippen molar-refractivity contribution in [3.8, 4) is 5.82 Å². The Labute approximate surface area is 132 Å². The predicted octanol–water partition coefficient (Wildman–Crippen LogP) is 1.38. The molecule has 8 heteroatoms. The SMILES string of the molecule is Nc1nc(NC2CCOCC2)c2c(cnn2-c2ccccn2)n1. The molecule has 3 aromatic rings. The van der Waals surface area contributed by atoms with Gasteiger partial charge in [-0.3, -0.25) is 0 Å². The van der Waals surface area contributed by atoms with Crippen LogP contribution in [0.4, 0.5) is 11.8 Å². The van der Waals surface area contributed by atoms with E-state index in [1.807, 2.05) is 18.2 Å². The van der Waals surface area contributed by atoms with Crippen LogP contribution in [-0.4, -0.2) is 44.0 Å². The molecule has 0 saturated carbocycles. The maximum Gasteiger partial charge on any atom is 0.222 e. The molecule has 3 aromatic heterocycles. The summed E-state index contributed by atoms with van der Waals surface area (Å²) >= 11 is 0. The first-order chi connectivity index (χ1) is 11.3. The molecule has 0 aromatic carbocycles. The zero-order valence-corrected chi connectivity index (χ0v) is 12.5. The number of anilines is 2. The minimum absolute atomic E-state index is 0.229. The fraction of sp³-hybridized carbons (Fsp3) is 0.333. The lowest BCUT2D eigenvalue weighted by Gasteiger charge is -2.24. The molecule has 1 saturated heterocycles. The van der Waals surface area contributed by atoms with Crippen molar-refractivity contribution in [1.29, 1.82) is 0 Å². The zero-order valence-electron chi connectivity index (χ0n) is 12.5. The van der Waals surface area contributed by atoms with Gasteiger partial charge < -0.3 is 15.8 Å². The number of nitrogens with two attached hydrogens (primary N) is 1. The average Bonchev–Trinajstić information content (AvgIpc) is 3.00. The van der Waals surface area contributed by atoms with E-state index in [1.165, 1.54) is 0 Å². The smallest absolute Gasteiger partial charge is 0.222 e. The van der Waals surface area contributed by atoms with Crippen LogP contribution in [-0.2, 0) is 4.74 Å². The quantitative estimate of drug-likeness (QED) is 0.753. The molecular formula is C15H17N7O. The lowest BCUT2D eigenvalue weighted by Crippen LogP contribution is -2.28. The number of nitrogen functional groups attached to an aromatic ring is 1. The Balaban J connectivity index is 1.80. The van der Waals surface area contributed by atoms with Crippen LogP contribution in [0.2, 0.25) is 0 Å². The summed E-state index contributed by atoms with van der Waals surface area (Å²) in [7, 11) is 0. The van der Waals surface area contributed by atoms with E-state index in [0.29, 0.717) is 23.2 Å². The first-order valence-corrected chi connectivity index (χ1v) is 7.58. The minimum Gasteiger partial charge on any atom is -0.381 e. The van der Waals surface area contributed by atoms with Gasteiger partial charge in [0.25, 0.3) is 0 Å². The number of ether oxygens (including phenoxy) is 1. The second kappa shape index (κ2) is 5.81. The van der Waals surface area contributed by atoms with Crippen molar-refractivity contribution in [2.75, 3.05) is 24.3 Å². The van der Waals surface area contributed by atoms with E-state index >= 15 is 0 Å². The van der Waals surface area contributed by atoms with Gasteiger partial charge in [-0.15, -0.1) is 0 Å². The highest BCUT2D eigenvalue weighted by atomic mass is 16.5. The van der Waals surface area contributed by atoms with E-state index < -0.39 is 0 Å². The molecule has 0 bridgehead atoms. The Morgan fingerprint density at radius 1 is 1.22 bits per heavy atom. The van der Waals surface area contributed by atoms with Gasteiger partial charge in [0, 0.05) is 25.5 Å². The Morgan fingerprint density at radius 3 is 2.87 bits per heavy atom. The van der Waals surface area contributed by atoms with Crippen molar-refractivity contribution < 1.29 is 4.74 Å². The molecule has 0 amide bonds. The van der Waals surface area contributed by atoms with Crippen LogP contribution in [0.1, 0.15) is 12.8 Å². The molecule has 1 aliphatic rings. The summed E-state index contributed by atoms with van der Waals surface area (Å²) in [4.78, 5) is 13.0. The van der Waals surface area contributed by atoms with Gasteiger partial charge in [0.05, 0.1) is 6.20 Å². The molecule has 0 atom stereocenters. The molecule has 118 valence electrons. The highest BCUT2D eigenvalue weighted by Crippen LogP contribution is 2.25. The van der Waals surface area contributed by atoms with Crippen LogP contribution in [0, 0.1) is 0 Å². The topological polar surface area (TPSA) is 104 Å². The monoisotopic (exact) mass is 311 g/mol. The third kappa shape index (κ3) is 2.68. The Hall–Kier alpha value is -2.74. The largest absolute Gasteiger partial charge is 0.381 e. The van der Waals surface area contributed by atoms with Crippen LogP contribution >= 0.6 is 0 Å². The van der Waals surface area contributed by atoms with Crippen molar-refractivity contribution in [3.05, 3.63) is 30.6 Å². The fourth-order valence-corrected chi connectivity index (χ4v) is 2.75. The molecule has 1 fully saturated rings. The van der Waals surface area contributed by atoms with Gasteiger partial charge in [-0.05, 0) is 25.0 Å². The van der Waals surface area contributed by atoms with Crippen molar-refractivity contribution in [3.63, 3.8) is 0 Å². The normalized spacial score (nSPS) is 15.8. The summed E-state index contributed by atoms with van der Waals surface area (Å²) in [5, 5.41) is 7.85. The number of hydrogen-bond donors (Lipinski definition) is 2. The van der Waals surface area contributed by atoms with Crippen molar-refractivity contribution >= 4 is 22.8 Å². The number of hydrogen-bond acceptors (Lipinski definition) is 7. The van der Waals surface area contributed by atoms with E-state index in [4.69, 9.17) is 10.5 Å². The molecule has 4 heterocycles. The number of nitrogens with zero attached hydrogens (tertiary/aromatic N) is 5. The summed E-state index contributed by atoms with van der Waals surface area (Å²) in [6.07, 6.45) is 5.27. The molecule has 0 radical (unpaired) electrons. The molecule has 1 aliphatic heterocycles. The Kier molecular flexibility index (Phi) is 3.51. The zero-order chi connectivity index (χ0) is 15.6. The van der Waals surface area contributed by atoms with Gasteiger partial charge in [0.15, 0.2) is 11.6 Å². The van der Waals surface area contributed by atoms with E-state index in [-0.39, 0.29) is 5.95 Å². The standard InChI is InChI=1S/C15H17N7O/c16-15-20-11-9-18-22(12-3-1-2-6-17-12)13(11)14(21-15)19-10-4-7-23-8-5-10/h1-3,6,9-10H,4-5,7-8H2,(H3,16,19,20,21). The molecule has 3 N–H and O–H groups in total. The Morgan fingerprint density at radius 2 is 2.09 bits per heavy atom. The van der Waals surface area contributed by atoms with Crippen LogP contribution in [0.5, 0.6) is 0 Å². The first-order valence-electron chi connectivity index (χ1n) is 7.58. The number of rotatable bonds is 3. The number of aromatic nitrogens is 5. The second-order valence-corrected chi connectivity index (χ2v) is 5.44. The maximum absolute atomic E-state index is 5.84. The summed E-state index contributed by atoms with van der Waals surface area (Å²) in [5.74, 6) is 1.63. The predicted molar refractivity (Wildman–Crippen MR) is 86.3 cm³/mol. The fourth-order valence-electron chi connectivity index (χ4n) is 2.75. The van der Waals surface area contributed by atoms with Gasteiger partial charge in [0.2, 0.25) is 5.95 Å². The lowest BCUT2D eigenvalue weighted by atomic mass is 10.1. The lowest BCUT2D eigenvalue weighted by molar-refractivity contribution is 0.0904. The van der Waals surface area contributed by atoms with Crippen LogP contribution in [0.15, 0.2) is 30.6 Å². The van der Waals surface area contributed by atoms with E-state index in [9.17, 15) is 0 Å². The molecule has 0 aliphatic carbocycles. The second-order valence-electron chi connectivity index (χ2n) is 5.44. The molecule has 0 spiro atoms. The van der Waals surface area contributed by atoms with Gasteiger partial charge in [-0.25, -0.2) is 14.6 Å². The number of fused-ring (bicyclic) bond motifs is 1. The Bertz CT molecular complexity index is 811. The summed E-state index contributed by atoms with van der Waals surface area (Å²) < 4.78 is 7.13. The summed E-state index contributed by atoms with van der Waals surface area (Å²) in [5.41, 5.74) is 7.31. The minimum atomic E-state index is 0.229. The average molecular weight is 311 g/mol. The van der Waals surface area contributed by atoms with Crippen molar-refractivity contribution in [2.45, 2.75) is 18.9 Å². The molecule has 0 unspecified atom stereocenters. The van der Waals surface area contributed by atoms with Gasteiger partial charge in [-0.2, -0.15) is 10.1 Å². The molecule has 4 rings (SSSR count). The van der Waals surface area contributed by atoms with Crippen LogP contribution in [0.3, 0.4) is 0 Å². The third-order valence-electron chi connectivity index (χ3n) is 3.86. The van der Waals surface area contributed by atoms with Crippen molar-refractivity contribution in [1.82, 2.24) is 24.7 Å². The number of pyridine rings is 1.